The minimum absolute atomic E-state index is 0.272. The normalized spacial score (nSPS) is 20.9. The van der Waals surface area contributed by atoms with E-state index in [1.807, 2.05) is 30.3 Å². The fraction of sp³-hybridized carbons (Fsp3) is 0.708. The SMILES string of the molecule is CCNC(=NCC1(CN2CCOCC2)CCCCC1)NCCS(=O)Cc1ccccc1. The highest BCUT2D eigenvalue weighted by Gasteiger charge is 2.34. The molecule has 174 valence electrons. The zero-order chi connectivity index (χ0) is 21.8. The number of hydrogen-bond acceptors (Lipinski definition) is 4. The summed E-state index contributed by atoms with van der Waals surface area (Å²) in [6.07, 6.45) is 6.48. The van der Waals surface area contributed by atoms with Crippen molar-refractivity contribution in [1.29, 1.82) is 0 Å². The van der Waals surface area contributed by atoms with Crippen LogP contribution >= 0.6 is 0 Å². The van der Waals surface area contributed by atoms with E-state index in [4.69, 9.17) is 9.73 Å². The van der Waals surface area contributed by atoms with Gasteiger partial charge in [-0.1, -0.05) is 49.6 Å². The van der Waals surface area contributed by atoms with Gasteiger partial charge in [0.1, 0.15) is 0 Å². The lowest BCUT2D eigenvalue weighted by Gasteiger charge is -2.41. The third-order valence-corrected chi connectivity index (χ3v) is 7.60. The molecule has 2 fully saturated rings. The van der Waals surface area contributed by atoms with Gasteiger partial charge in [0.25, 0.3) is 0 Å². The van der Waals surface area contributed by atoms with Crippen LogP contribution in [0.2, 0.25) is 0 Å². The number of ether oxygens (including phenoxy) is 1. The molecule has 1 aromatic carbocycles. The maximum atomic E-state index is 12.4. The molecule has 1 unspecified atom stereocenters. The molecule has 0 spiro atoms. The first-order valence-electron chi connectivity index (χ1n) is 11.9. The Hall–Kier alpha value is -1.44. The summed E-state index contributed by atoms with van der Waals surface area (Å²) >= 11 is 0. The molecule has 1 aliphatic carbocycles. The van der Waals surface area contributed by atoms with Gasteiger partial charge in [0, 0.05) is 67.0 Å². The second-order valence-corrected chi connectivity index (χ2v) is 10.4. The summed E-state index contributed by atoms with van der Waals surface area (Å²) in [6.45, 7) is 9.35. The molecule has 0 bridgehead atoms. The Balaban J connectivity index is 1.51. The quantitative estimate of drug-likeness (QED) is 0.426. The second-order valence-electron chi connectivity index (χ2n) is 8.85. The Morgan fingerprint density at radius 2 is 1.87 bits per heavy atom. The largest absolute Gasteiger partial charge is 0.379 e. The van der Waals surface area contributed by atoms with E-state index in [0.717, 1.165) is 57.5 Å². The number of nitrogens with zero attached hydrogens (tertiary/aromatic N) is 2. The van der Waals surface area contributed by atoms with Crippen molar-refractivity contribution >= 4 is 16.8 Å². The van der Waals surface area contributed by atoms with Crippen LogP contribution in [0.4, 0.5) is 0 Å². The molecule has 1 aliphatic heterocycles. The van der Waals surface area contributed by atoms with Crippen LogP contribution < -0.4 is 10.6 Å². The van der Waals surface area contributed by atoms with Crippen LogP contribution in [-0.2, 0) is 21.3 Å². The van der Waals surface area contributed by atoms with Gasteiger partial charge in [-0.3, -0.25) is 14.1 Å². The lowest BCUT2D eigenvalue weighted by Crippen LogP contribution is -2.47. The van der Waals surface area contributed by atoms with Gasteiger partial charge < -0.3 is 15.4 Å². The van der Waals surface area contributed by atoms with E-state index in [9.17, 15) is 4.21 Å². The molecule has 1 saturated carbocycles. The third-order valence-electron chi connectivity index (χ3n) is 6.29. The van der Waals surface area contributed by atoms with Gasteiger partial charge in [-0.2, -0.15) is 0 Å². The zero-order valence-electron chi connectivity index (χ0n) is 19.1. The number of guanidine groups is 1. The topological polar surface area (TPSA) is 66.0 Å². The molecule has 2 N–H and O–H groups in total. The molecule has 1 saturated heterocycles. The number of nitrogens with one attached hydrogen (secondary N) is 2. The first-order valence-corrected chi connectivity index (χ1v) is 13.4. The van der Waals surface area contributed by atoms with E-state index >= 15 is 0 Å². The molecule has 3 rings (SSSR count). The van der Waals surface area contributed by atoms with Crippen molar-refractivity contribution in [2.24, 2.45) is 10.4 Å². The Labute approximate surface area is 190 Å². The van der Waals surface area contributed by atoms with Crippen molar-refractivity contribution < 1.29 is 8.95 Å². The molecule has 0 aromatic heterocycles. The highest BCUT2D eigenvalue weighted by atomic mass is 32.2. The van der Waals surface area contributed by atoms with Crippen molar-refractivity contribution in [3.05, 3.63) is 35.9 Å². The Kier molecular flexibility index (Phi) is 10.3. The van der Waals surface area contributed by atoms with Gasteiger partial charge in [-0.15, -0.1) is 0 Å². The molecule has 1 atom stereocenters. The summed E-state index contributed by atoms with van der Waals surface area (Å²) in [7, 11) is -0.877. The van der Waals surface area contributed by atoms with Crippen molar-refractivity contribution in [2.45, 2.75) is 44.8 Å². The number of benzene rings is 1. The molecule has 1 aromatic rings. The molecule has 0 amide bonds. The Morgan fingerprint density at radius 1 is 1.13 bits per heavy atom. The fourth-order valence-corrected chi connectivity index (χ4v) is 5.64. The van der Waals surface area contributed by atoms with Gasteiger partial charge in [0.2, 0.25) is 0 Å². The van der Waals surface area contributed by atoms with Gasteiger partial charge in [-0.25, -0.2) is 0 Å². The summed E-state index contributed by atoms with van der Waals surface area (Å²) in [6, 6.07) is 10.1. The predicted molar refractivity (Wildman–Crippen MR) is 130 cm³/mol. The standard InChI is InChI=1S/C24H40N4O2S/c1-2-25-23(26-13-18-31(29)19-22-9-5-3-6-10-22)27-20-24(11-7-4-8-12-24)21-28-14-16-30-17-15-28/h3,5-6,9-10H,2,4,7-8,11-21H2,1H3,(H2,25,26,27). The van der Waals surface area contributed by atoms with Crippen LogP contribution in [0.25, 0.3) is 0 Å². The van der Waals surface area contributed by atoms with Crippen LogP contribution in [0.3, 0.4) is 0 Å². The van der Waals surface area contributed by atoms with Crippen molar-refractivity contribution in [1.82, 2.24) is 15.5 Å². The van der Waals surface area contributed by atoms with Crippen LogP contribution in [0.1, 0.15) is 44.6 Å². The Bertz CT molecular complexity index is 686. The highest BCUT2D eigenvalue weighted by Crippen LogP contribution is 2.37. The average Bonchev–Trinajstić information content (AvgIpc) is 2.79. The molecule has 6 nitrogen and oxygen atoms in total. The maximum Gasteiger partial charge on any atom is 0.191 e. The summed E-state index contributed by atoms with van der Waals surface area (Å²) in [5, 5.41) is 6.78. The van der Waals surface area contributed by atoms with E-state index in [1.54, 1.807) is 0 Å². The summed E-state index contributed by atoms with van der Waals surface area (Å²) in [5.74, 6) is 2.09. The van der Waals surface area contributed by atoms with Gasteiger partial charge in [0.15, 0.2) is 5.96 Å². The summed E-state index contributed by atoms with van der Waals surface area (Å²) < 4.78 is 18.0. The van der Waals surface area contributed by atoms with E-state index < -0.39 is 10.8 Å². The lowest BCUT2D eigenvalue weighted by molar-refractivity contribution is 0.00937. The summed E-state index contributed by atoms with van der Waals surface area (Å²) in [5.41, 5.74) is 1.40. The van der Waals surface area contributed by atoms with Crippen molar-refractivity contribution in [3.63, 3.8) is 0 Å². The minimum atomic E-state index is -0.877. The van der Waals surface area contributed by atoms with Crippen LogP contribution in [-0.4, -0.2) is 73.3 Å². The predicted octanol–water partition coefficient (Wildman–Crippen LogP) is 2.77. The minimum Gasteiger partial charge on any atom is -0.379 e. The third kappa shape index (κ3) is 8.54. The number of morpholine rings is 1. The number of rotatable bonds is 10. The van der Waals surface area contributed by atoms with Crippen LogP contribution in [0.15, 0.2) is 35.3 Å². The molecule has 2 aliphatic rings. The van der Waals surface area contributed by atoms with Crippen LogP contribution in [0.5, 0.6) is 0 Å². The van der Waals surface area contributed by atoms with Gasteiger partial charge >= 0.3 is 0 Å². The average molecular weight is 449 g/mol. The molecular formula is C24H40N4O2S. The first-order chi connectivity index (χ1) is 15.2. The fourth-order valence-electron chi connectivity index (χ4n) is 4.61. The first kappa shape index (κ1) is 24.2. The lowest BCUT2D eigenvalue weighted by atomic mass is 9.73. The van der Waals surface area contributed by atoms with Crippen molar-refractivity contribution in [3.8, 4) is 0 Å². The van der Waals surface area contributed by atoms with Crippen molar-refractivity contribution in [2.75, 3.05) is 58.2 Å². The molecule has 0 radical (unpaired) electrons. The van der Waals surface area contributed by atoms with Crippen LogP contribution in [0, 0.1) is 5.41 Å². The Morgan fingerprint density at radius 3 is 2.58 bits per heavy atom. The monoisotopic (exact) mass is 448 g/mol. The molecule has 31 heavy (non-hydrogen) atoms. The van der Waals surface area contributed by atoms with E-state index in [2.05, 4.69) is 22.5 Å². The second kappa shape index (κ2) is 13.2. The number of aliphatic imine (C=N–C) groups is 1. The number of hydrogen-bond donors (Lipinski definition) is 2. The molecule has 7 heteroatoms. The maximum absolute atomic E-state index is 12.4. The smallest absolute Gasteiger partial charge is 0.191 e. The highest BCUT2D eigenvalue weighted by molar-refractivity contribution is 7.84. The molecular weight excluding hydrogens is 408 g/mol. The summed E-state index contributed by atoms with van der Waals surface area (Å²) in [4.78, 5) is 7.56. The van der Waals surface area contributed by atoms with E-state index in [-0.39, 0.29) is 5.41 Å². The van der Waals surface area contributed by atoms with E-state index in [1.165, 1.54) is 32.1 Å². The molecule has 1 heterocycles. The van der Waals surface area contributed by atoms with E-state index in [0.29, 0.717) is 18.1 Å². The van der Waals surface area contributed by atoms with Gasteiger partial charge in [-0.05, 0) is 25.3 Å². The van der Waals surface area contributed by atoms with Gasteiger partial charge in [0.05, 0.1) is 13.2 Å². The zero-order valence-corrected chi connectivity index (χ0v) is 19.9.